The lowest BCUT2D eigenvalue weighted by Gasteiger charge is -2.32. The van der Waals surface area contributed by atoms with Gasteiger partial charge in [0.1, 0.15) is 11.3 Å². The predicted molar refractivity (Wildman–Crippen MR) is 88.0 cm³/mol. The van der Waals surface area contributed by atoms with E-state index in [1.807, 2.05) is 0 Å². The lowest BCUT2D eigenvalue weighted by atomic mass is 10.1. The zero-order chi connectivity index (χ0) is 22.6. The molecule has 0 unspecified atom stereocenters. The lowest BCUT2D eigenvalue weighted by molar-refractivity contribution is -0.382. The number of hydrogen-bond donors (Lipinski definition) is 0. The van der Waals surface area contributed by atoms with Crippen molar-refractivity contribution < 1.29 is 56.5 Å². The molecule has 2 rings (SSSR count). The summed E-state index contributed by atoms with van der Waals surface area (Å²) in [7, 11) is -7.10. The van der Waals surface area contributed by atoms with Gasteiger partial charge in [0, 0.05) is 17.5 Å². The van der Waals surface area contributed by atoms with Crippen LogP contribution in [0.5, 0.6) is 5.75 Å². The van der Waals surface area contributed by atoms with Crippen LogP contribution >= 0.6 is 13.5 Å². The third-order valence-corrected chi connectivity index (χ3v) is 4.83. The highest BCUT2D eigenvalue weighted by Gasteiger charge is 2.86. The highest BCUT2D eigenvalue weighted by atomic mass is 32.2. The van der Waals surface area contributed by atoms with Gasteiger partial charge in [0.2, 0.25) is 0 Å². The van der Waals surface area contributed by atoms with Crippen molar-refractivity contribution in [2.24, 2.45) is 0 Å². The van der Waals surface area contributed by atoms with Gasteiger partial charge in [-0.3, -0.25) is 0 Å². The summed E-state index contributed by atoms with van der Waals surface area (Å²) in [6.07, 6.45) is -7.20. The number of rotatable bonds is 5. The van der Waals surface area contributed by atoms with E-state index in [1.165, 1.54) is 0 Å². The van der Waals surface area contributed by atoms with Gasteiger partial charge in [0.15, 0.2) is 0 Å². The van der Waals surface area contributed by atoms with Gasteiger partial charge >= 0.3 is 39.0 Å². The largest absolute Gasteiger partial charge is 0.460 e. The number of hydrogen-bond acceptors (Lipinski definition) is 5. The molecule has 1 aromatic heterocycles. The maximum absolute atomic E-state index is 13.7. The van der Waals surface area contributed by atoms with Crippen LogP contribution in [-0.2, 0) is 10.1 Å². The molecule has 0 fully saturated rings. The van der Waals surface area contributed by atoms with E-state index in [0.717, 1.165) is 25.1 Å². The van der Waals surface area contributed by atoms with E-state index < -0.39 is 50.4 Å². The standard InChI is InChI=1S/C14H7F9O5S.H2S/c1-6-4-7-2-3-10(24)27-9(7)5-8(6)28-29(25,26)14(22,23)12(17,18)11(15,16)13(19,20)21;/h2-5H,1H3;1H2. The van der Waals surface area contributed by atoms with Gasteiger partial charge in [-0.05, 0) is 24.6 Å². The van der Waals surface area contributed by atoms with Crippen molar-refractivity contribution in [3.8, 4) is 5.75 Å². The molecule has 0 spiro atoms. The van der Waals surface area contributed by atoms with E-state index in [9.17, 15) is 52.7 Å². The highest BCUT2D eigenvalue weighted by Crippen LogP contribution is 2.55. The van der Waals surface area contributed by atoms with Crippen LogP contribution in [0, 0.1) is 6.92 Å². The Morgan fingerprint density at radius 3 is 1.93 bits per heavy atom. The first-order valence-electron chi connectivity index (χ1n) is 7.04. The van der Waals surface area contributed by atoms with Crippen molar-refractivity contribution in [3.63, 3.8) is 0 Å². The second kappa shape index (κ2) is 7.55. The van der Waals surface area contributed by atoms with Crippen molar-refractivity contribution in [3.05, 3.63) is 40.2 Å². The van der Waals surface area contributed by atoms with Gasteiger partial charge in [-0.25, -0.2) is 4.79 Å². The van der Waals surface area contributed by atoms with Crippen molar-refractivity contribution in [1.29, 1.82) is 0 Å². The molecule has 0 radical (unpaired) electrons. The van der Waals surface area contributed by atoms with E-state index in [0.29, 0.717) is 6.07 Å². The summed E-state index contributed by atoms with van der Waals surface area (Å²) in [6.45, 7) is 1.01. The second-order valence-corrected chi connectivity index (χ2v) is 7.20. The van der Waals surface area contributed by atoms with E-state index in [-0.39, 0.29) is 24.4 Å². The van der Waals surface area contributed by atoms with Crippen LogP contribution in [0.3, 0.4) is 0 Å². The average molecular weight is 492 g/mol. The molecule has 2 aromatic rings. The van der Waals surface area contributed by atoms with Gasteiger partial charge < -0.3 is 8.60 Å². The van der Waals surface area contributed by atoms with Crippen LogP contribution in [0.4, 0.5) is 39.5 Å². The fourth-order valence-electron chi connectivity index (χ4n) is 1.99. The molecule has 170 valence electrons. The molecule has 0 bridgehead atoms. The molecule has 0 aliphatic rings. The van der Waals surface area contributed by atoms with Gasteiger partial charge in [-0.1, -0.05) is 0 Å². The fraction of sp³-hybridized carbons (Fsp3) is 0.357. The molecular formula is C14H9F9O5S2. The number of benzene rings is 1. The predicted octanol–water partition coefficient (Wildman–Crippen LogP) is 4.35. The monoisotopic (exact) mass is 492 g/mol. The minimum absolute atomic E-state index is 0. The SMILES string of the molecule is Cc1cc2ccc(=O)oc2cc1OS(=O)(=O)C(F)(F)C(F)(F)C(F)(F)C(F)(F)F.S. The minimum atomic E-state index is -7.42. The quantitative estimate of drug-likeness (QED) is 0.353. The molecule has 0 aliphatic heterocycles. The normalized spacial score (nSPS) is 13.8. The van der Waals surface area contributed by atoms with Gasteiger partial charge in [-0.15, -0.1) is 0 Å². The second-order valence-electron chi connectivity index (χ2n) is 5.61. The molecule has 0 atom stereocenters. The lowest BCUT2D eigenvalue weighted by Crippen LogP contribution is -2.63. The Labute approximate surface area is 168 Å². The molecule has 0 saturated carbocycles. The van der Waals surface area contributed by atoms with Crippen molar-refractivity contribution in [1.82, 2.24) is 0 Å². The number of alkyl halides is 9. The maximum Gasteiger partial charge on any atom is 0.460 e. The van der Waals surface area contributed by atoms with Crippen molar-refractivity contribution in [2.45, 2.75) is 30.2 Å². The van der Waals surface area contributed by atoms with E-state index >= 15 is 0 Å². The summed E-state index contributed by atoms with van der Waals surface area (Å²) >= 11 is 0. The Hall–Kier alpha value is -2.10. The minimum Gasteiger partial charge on any atom is -0.423 e. The van der Waals surface area contributed by atoms with Crippen molar-refractivity contribution >= 4 is 34.6 Å². The smallest absolute Gasteiger partial charge is 0.423 e. The van der Waals surface area contributed by atoms with Crippen LogP contribution in [0.25, 0.3) is 11.0 Å². The van der Waals surface area contributed by atoms with Crippen LogP contribution < -0.4 is 9.81 Å². The van der Waals surface area contributed by atoms with Crippen molar-refractivity contribution in [2.75, 3.05) is 0 Å². The molecule has 0 N–H and O–H groups in total. The Bertz CT molecular complexity index is 1110. The molecule has 16 heteroatoms. The number of halogens is 9. The fourth-order valence-corrected chi connectivity index (χ4v) is 2.95. The molecule has 0 amide bonds. The van der Waals surface area contributed by atoms with Gasteiger partial charge in [-0.2, -0.15) is 61.4 Å². The Morgan fingerprint density at radius 2 is 1.43 bits per heavy atom. The summed E-state index contributed by atoms with van der Waals surface area (Å²) in [5, 5.41) is -6.90. The Kier molecular flexibility index (Phi) is 6.52. The van der Waals surface area contributed by atoms with E-state index in [2.05, 4.69) is 8.60 Å². The van der Waals surface area contributed by atoms with Crippen LogP contribution in [0.15, 0.2) is 33.5 Å². The Morgan fingerprint density at radius 1 is 0.900 bits per heavy atom. The summed E-state index contributed by atoms with van der Waals surface area (Å²) in [5.41, 5.74) is -1.79. The third kappa shape index (κ3) is 3.93. The topological polar surface area (TPSA) is 73.6 Å². The molecule has 30 heavy (non-hydrogen) atoms. The van der Waals surface area contributed by atoms with Gasteiger partial charge in [0.25, 0.3) is 0 Å². The first-order valence-corrected chi connectivity index (χ1v) is 8.45. The zero-order valence-electron chi connectivity index (χ0n) is 14.2. The molecule has 0 aliphatic carbocycles. The average Bonchev–Trinajstić information content (AvgIpc) is 2.54. The number of fused-ring (bicyclic) bond motifs is 1. The van der Waals surface area contributed by atoms with Crippen LogP contribution in [0.2, 0.25) is 0 Å². The summed E-state index contributed by atoms with van der Waals surface area (Å²) in [6, 6.07) is 3.55. The summed E-state index contributed by atoms with van der Waals surface area (Å²) in [5.74, 6) is -16.0. The summed E-state index contributed by atoms with van der Waals surface area (Å²) in [4.78, 5) is 11.1. The first-order chi connectivity index (χ1) is 12.8. The zero-order valence-corrected chi connectivity index (χ0v) is 16.0. The maximum atomic E-state index is 13.7. The Balaban J connectivity index is 0.00000450. The first kappa shape index (κ1) is 25.9. The van der Waals surface area contributed by atoms with Crippen LogP contribution in [0.1, 0.15) is 5.56 Å². The molecule has 1 aromatic carbocycles. The highest BCUT2D eigenvalue weighted by molar-refractivity contribution is 7.88. The summed E-state index contributed by atoms with van der Waals surface area (Å²) < 4.78 is 148. The number of aryl methyl sites for hydroxylation is 1. The molecule has 5 nitrogen and oxygen atoms in total. The third-order valence-electron chi connectivity index (χ3n) is 3.55. The molecule has 1 heterocycles. The van der Waals surface area contributed by atoms with E-state index in [4.69, 9.17) is 0 Å². The van der Waals surface area contributed by atoms with Gasteiger partial charge in [0.05, 0.1) is 0 Å². The molecule has 0 saturated heterocycles. The molecular weight excluding hydrogens is 483 g/mol. The van der Waals surface area contributed by atoms with E-state index in [1.54, 1.807) is 0 Å². The van der Waals surface area contributed by atoms with Crippen LogP contribution in [-0.4, -0.2) is 31.7 Å².